The number of para-hydroxylation sites is 1. The molecule has 92 valence electrons. The van der Waals surface area contributed by atoms with Gasteiger partial charge >= 0.3 is 6.03 Å². The summed E-state index contributed by atoms with van der Waals surface area (Å²) in [5, 5.41) is 2.31. The van der Waals surface area contributed by atoms with Gasteiger partial charge in [-0.1, -0.05) is 6.07 Å². The van der Waals surface area contributed by atoms with E-state index in [9.17, 15) is 13.6 Å². The zero-order valence-electron chi connectivity index (χ0n) is 9.24. The fourth-order valence-corrected chi connectivity index (χ4v) is 2.68. The highest BCUT2D eigenvalue weighted by atomic mass is 32.2. The quantitative estimate of drug-likeness (QED) is 0.840. The Hall–Kier alpha value is -1.30. The monoisotopic (exact) mass is 258 g/mol. The smallest absolute Gasteiger partial charge is 0.312 e. The van der Waals surface area contributed by atoms with Gasteiger partial charge in [0.05, 0.1) is 5.37 Å². The summed E-state index contributed by atoms with van der Waals surface area (Å²) in [5.74, 6) is -0.690. The first-order valence-corrected chi connectivity index (χ1v) is 6.27. The average molecular weight is 258 g/mol. The normalized spacial score (nSPS) is 19.5. The molecule has 6 heteroatoms. The maximum Gasteiger partial charge on any atom is 0.322 e. The van der Waals surface area contributed by atoms with Gasteiger partial charge in [0.15, 0.2) is 0 Å². The van der Waals surface area contributed by atoms with Crippen molar-refractivity contribution in [3.63, 3.8) is 0 Å². The predicted octanol–water partition coefficient (Wildman–Crippen LogP) is 2.89. The Morgan fingerprint density at radius 2 is 2.12 bits per heavy atom. The van der Waals surface area contributed by atoms with Crippen LogP contribution in [0.2, 0.25) is 0 Å². The lowest BCUT2D eigenvalue weighted by Crippen LogP contribution is -2.37. The molecule has 0 spiro atoms. The maximum absolute atomic E-state index is 13.3. The highest BCUT2D eigenvalue weighted by Crippen LogP contribution is 2.25. The Morgan fingerprint density at radius 3 is 2.65 bits per heavy atom. The number of nitrogens with one attached hydrogen (secondary N) is 1. The van der Waals surface area contributed by atoms with E-state index in [4.69, 9.17) is 0 Å². The number of nitrogens with zero attached hydrogens (tertiary/aromatic N) is 1. The van der Waals surface area contributed by atoms with E-state index < -0.39 is 17.7 Å². The first kappa shape index (κ1) is 12.2. The topological polar surface area (TPSA) is 32.3 Å². The zero-order valence-corrected chi connectivity index (χ0v) is 10.1. The van der Waals surface area contributed by atoms with Gasteiger partial charge in [-0.25, -0.2) is 13.6 Å². The van der Waals surface area contributed by atoms with Gasteiger partial charge in [-0.15, -0.1) is 11.8 Å². The van der Waals surface area contributed by atoms with Crippen molar-refractivity contribution in [1.82, 2.24) is 4.90 Å². The number of carbonyl (C=O) groups excluding carboxylic acids is 1. The molecule has 0 radical (unpaired) electrons. The number of thioether (sulfide) groups is 1. The second kappa shape index (κ2) is 4.91. The number of hydrogen-bond acceptors (Lipinski definition) is 2. The van der Waals surface area contributed by atoms with E-state index in [0.717, 1.165) is 17.9 Å². The van der Waals surface area contributed by atoms with Crippen LogP contribution in [0, 0.1) is 11.6 Å². The predicted molar refractivity (Wildman–Crippen MR) is 64.0 cm³/mol. The fraction of sp³-hybridized carbons (Fsp3) is 0.364. The molecule has 0 aromatic heterocycles. The summed E-state index contributed by atoms with van der Waals surface area (Å²) < 4.78 is 26.6. The number of urea groups is 1. The lowest BCUT2D eigenvalue weighted by atomic mass is 10.3. The molecule has 3 nitrogen and oxygen atoms in total. The van der Waals surface area contributed by atoms with Crippen LogP contribution in [0.5, 0.6) is 0 Å². The van der Waals surface area contributed by atoms with Crippen LogP contribution >= 0.6 is 11.8 Å². The third kappa shape index (κ3) is 2.52. The number of benzene rings is 1. The van der Waals surface area contributed by atoms with Crippen LogP contribution in [0.1, 0.15) is 6.92 Å². The molecule has 1 saturated heterocycles. The average Bonchev–Trinajstić information content (AvgIpc) is 2.70. The van der Waals surface area contributed by atoms with E-state index in [2.05, 4.69) is 5.32 Å². The number of anilines is 1. The Balaban J connectivity index is 2.13. The SMILES string of the molecule is CC1SCCN1C(=O)Nc1c(F)cccc1F. The van der Waals surface area contributed by atoms with Crippen molar-refractivity contribution in [2.45, 2.75) is 12.3 Å². The van der Waals surface area contributed by atoms with E-state index in [-0.39, 0.29) is 11.1 Å². The van der Waals surface area contributed by atoms with Crippen molar-refractivity contribution in [1.29, 1.82) is 0 Å². The second-order valence-electron chi connectivity index (χ2n) is 3.69. The first-order chi connectivity index (χ1) is 8.09. The minimum Gasteiger partial charge on any atom is -0.312 e. The van der Waals surface area contributed by atoms with Crippen molar-refractivity contribution < 1.29 is 13.6 Å². The van der Waals surface area contributed by atoms with E-state index in [0.29, 0.717) is 6.54 Å². The summed E-state index contributed by atoms with van der Waals surface area (Å²) in [7, 11) is 0. The van der Waals surface area contributed by atoms with Gasteiger partial charge in [0.1, 0.15) is 17.3 Å². The molecular formula is C11H12F2N2OS. The maximum atomic E-state index is 13.3. The molecule has 17 heavy (non-hydrogen) atoms. The summed E-state index contributed by atoms with van der Waals surface area (Å²) in [6, 6.07) is 3.02. The van der Waals surface area contributed by atoms with Gasteiger partial charge in [0.25, 0.3) is 0 Å². The number of amides is 2. The second-order valence-corrected chi connectivity index (χ2v) is 5.11. The minimum absolute atomic E-state index is 0.0323. The molecule has 1 aliphatic rings. The highest BCUT2D eigenvalue weighted by Gasteiger charge is 2.26. The van der Waals surface area contributed by atoms with Crippen LogP contribution in [0.25, 0.3) is 0 Å². The molecule has 0 bridgehead atoms. The molecule has 0 aliphatic carbocycles. The number of carbonyl (C=O) groups is 1. The molecule has 1 unspecified atom stereocenters. The summed E-state index contributed by atoms with van der Waals surface area (Å²) >= 11 is 1.63. The molecular weight excluding hydrogens is 246 g/mol. The van der Waals surface area contributed by atoms with Crippen molar-refractivity contribution in [3.05, 3.63) is 29.8 Å². The molecule has 2 amide bonds. The van der Waals surface area contributed by atoms with Crippen LogP contribution in [0.15, 0.2) is 18.2 Å². The first-order valence-electron chi connectivity index (χ1n) is 5.23. The Bertz CT molecular complexity index is 421. The standard InChI is InChI=1S/C11H12F2N2OS/c1-7-15(5-6-17-7)11(16)14-10-8(12)3-2-4-9(10)13/h2-4,7H,5-6H2,1H3,(H,14,16). The Kier molecular flexibility index (Phi) is 3.51. The van der Waals surface area contributed by atoms with Crippen molar-refractivity contribution in [2.75, 3.05) is 17.6 Å². The summed E-state index contributed by atoms with van der Waals surface area (Å²) in [6.07, 6.45) is 0. The largest absolute Gasteiger partial charge is 0.322 e. The number of halogens is 2. The van der Waals surface area contributed by atoms with Crippen LogP contribution in [-0.2, 0) is 0 Å². The lowest BCUT2D eigenvalue weighted by Gasteiger charge is -2.21. The van der Waals surface area contributed by atoms with Gasteiger partial charge in [0.2, 0.25) is 0 Å². The molecule has 1 aliphatic heterocycles. The Morgan fingerprint density at radius 1 is 1.47 bits per heavy atom. The van der Waals surface area contributed by atoms with E-state index >= 15 is 0 Å². The molecule has 1 N–H and O–H groups in total. The summed E-state index contributed by atoms with van der Waals surface area (Å²) in [5.41, 5.74) is -0.387. The van der Waals surface area contributed by atoms with Crippen molar-refractivity contribution >= 4 is 23.5 Å². The van der Waals surface area contributed by atoms with Crippen LogP contribution < -0.4 is 5.32 Å². The van der Waals surface area contributed by atoms with Crippen LogP contribution in [-0.4, -0.2) is 28.6 Å². The fourth-order valence-electron chi connectivity index (χ4n) is 1.66. The number of rotatable bonds is 1. The minimum atomic E-state index is -0.766. The van der Waals surface area contributed by atoms with Crippen LogP contribution in [0.3, 0.4) is 0 Å². The van der Waals surface area contributed by atoms with Gasteiger partial charge in [-0.2, -0.15) is 0 Å². The summed E-state index contributed by atoms with van der Waals surface area (Å²) in [4.78, 5) is 13.3. The molecule has 1 fully saturated rings. The van der Waals surface area contributed by atoms with Crippen LogP contribution in [0.4, 0.5) is 19.3 Å². The molecule has 1 atom stereocenters. The van der Waals surface area contributed by atoms with Crippen molar-refractivity contribution in [2.24, 2.45) is 0 Å². The van der Waals surface area contributed by atoms with Gasteiger partial charge in [-0.05, 0) is 19.1 Å². The van der Waals surface area contributed by atoms with E-state index in [1.165, 1.54) is 6.07 Å². The molecule has 1 aromatic carbocycles. The van der Waals surface area contributed by atoms with Crippen molar-refractivity contribution in [3.8, 4) is 0 Å². The third-order valence-corrected chi connectivity index (χ3v) is 3.74. The number of hydrogen-bond donors (Lipinski definition) is 1. The third-order valence-electron chi connectivity index (χ3n) is 2.59. The Labute approximate surface area is 102 Å². The molecule has 1 aromatic rings. The van der Waals surface area contributed by atoms with Gasteiger partial charge in [-0.3, -0.25) is 0 Å². The molecule has 1 heterocycles. The van der Waals surface area contributed by atoms with Gasteiger partial charge < -0.3 is 10.2 Å². The van der Waals surface area contributed by atoms with E-state index in [1.807, 2.05) is 6.92 Å². The highest BCUT2D eigenvalue weighted by molar-refractivity contribution is 8.00. The summed E-state index contributed by atoms with van der Waals surface area (Å²) in [6.45, 7) is 2.47. The molecule has 2 rings (SSSR count). The van der Waals surface area contributed by atoms with E-state index in [1.54, 1.807) is 16.7 Å². The molecule has 0 saturated carbocycles. The van der Waals surface area contributed by atoms with Gasteiger partial charge in [0, 0.05) is 12.3 Å². The zero-order chi connectivity index (χ0) is 12.4. The lowest BCUT2D eigenvalue weighted by molar-refractivity contribution is 0.216.